The summed E-state index contributed by atoms with van der Waals surface area (Å²) in [5.74, 6) is 0.178. The van der Waals surface area contributed by atoms with Crippen molar-refractivity contribution in [3.63, 3.8) is 0 Å². The van der Waals surface area contributed by atoms with Crippen molar-refractivity contribution in [3.05, 3.63) is 33.7 Å². The lowest BCUT2D eigenvalue weighted by atomic mass is 9.99. The van der Waals surface area contributed by atoms with Gasteiger partial charge in [0.15, 0.2) is 9.84 Å². The summed E-state index contributed by atoms with van der Waals surface area (Å²) in [4.78, 5) is 13.6. The van der Waals surface area contributed by atoms with Gasteiger partial charge < -0.3 is 4.98 Å². The van der Waals surface area contributed by atoms with Crippen LogP contribution in [0.3, 0.4) is 0 Å². The van der Waals surface area contributed by atoms with Gasteiger partial charge in [0.1, 0.15) is 11.6 Å². The molecule has 0 aromatic carbocycles. The van der Waals surface area contributed by atoms with Crippen molar-refractivity contribution in [2.75, 3.05) is 11.5 Å². The zero-order chi connectivity index (χ0) is 11.8. The maximum Gasteiger partial charge on any atom is 0.265 e. The van der Waals surface area contributed by atoms with Crippen LogP contribution >= 0.6 is 0 Å². The van der Waals surface area contributed by atoms with Crippen LogP contribution in [0.25, 0.3) is 0 Å². The summed E-state index contributed by atoms with van der Waals surface area (Å²) in [6.45, 7) is 0. The van der Waals surface area contributed by atoms with Gasteiger partial charge in [-0.15, -0.1) is 0 Å². The van der Waals surface area contributed by atoms with E-state index in [2.05, 4.69) is 4.98 Å². The van der Waals surface area contributed by atoms with Gasteiger partial charge in [0, 0.05) is 12.1 Å². The second-order valence-corrected chi connectivity index (χ2v) is 6.12. The van der Waals surface area contributed by atoms with Gasteiger partial charge in [0.05, 0.1) is 11.5 Å². The first-order valence-electron chi connectivity index (χ1n) is 4.85. The smallest absolute Gasteiger partial charge is 0.265 e. The minimum absolute atomic E-state index is 0.0294. The molecule has 6 heteroatoms. The Morgan fingerprint density at radius 2 is 2.25 bits per heavy atom. The summed E-state index contributed by atoms with van der Waals surface area (Å²) in [6, 6.07) is 3.26. The van der Waals surface area contributed by atoms with E-state index in [1.807, 2.05) is 0 Å². The van der Waals surface area contributed by atoms with Crippen molar-refractivity contribution in [3.8, 4) is 6.07 Å². The lowest BCUT2D eigenvalue weighted by Gasteiger charge is -2.06. The third kappa shape index (κ3) is 1.99. The van der Waals surface area contributed by atoms with E-state index in [1.54, 1.807) is 6.07 Å². The number of sulfone groups is 1. The van der Waals surface area contributed by atoms with Gasteiger partial charge in [-0.3, -0.25) is 4.79 Å². The van der Waals surface area contributed by atoms with Crippen molar-refractivity contribution < 1.29 is 8.42 Å². The van der Waals surface area contributed by atoms with E-state index in [0.717, 1.165) is 5.56 Å². The maximum absolute atomic E-state index is 11.3. The van der Waals surface area contributed by atoms with E-state index < -0.39 is 15.4 Å². The largest absolute Gasteiger partial charge is 0.328 e. The minimum Gasteiger partial charge on any atom is -0.328 e. The summed E-state index contributed by atoms with van der Waals surface area (Å²) < 4.78 is 22.6. The van der Waals surface area contributed by atoms with Gasteiger partial charge in [-0.25, -0.2) is 8.42 Å². The first kappa shape index (κ1) is 10.9. The van der Waals surface area contributed by atoms with Crippen LogP contribution in [0, 0.1) is 11.3 Å². The van der Waals surface area contributed by atoms with Crippen LogP contribution in [0.5, 0.6) is 0 Å². The van der Waals surface area contributed by atoms with Crippen molar-refractivity contribution in [2.24, 2.45) is 0 Å². The Hall–Kier alpha value is -1.61. The number of nitriles is 1. The van der Waals surface area contributed by atoms with Crippen molar-refractivity contribution >= 4 is 9.84 Å². The van der Waals surface area contributed by atoms with Gasteiger partial charge >= 0.3 is 0 Å². The molecule has 2 rings (SSSR count). The van der Waals surface area contributed by atoms with Gasteiger partial charge in [0.2, 0.25) is 0 Å². The van der Waals surface area contributed by atoms with Gasteiger partial charge in [-0.05, 0) is 18.1 Å². The number of nitrogens with zero attached hydrogens (tertiary/aromatic N) is 1. The highest BCUT2D eigenvalue weighted by Gasteiger charge is 2.29. The Bertz CT molecular complexity index is 610. The van der Waals surface area contributed by atoms with E-state index in [1.165, 1.54) is 12.3 Å². The summed E-state index contributed by atoms with van der Waals surface area (Å²) in [5.41, 5.74) is 0.311. The van der Waals surface area contributed by atoms with Crippen LogP contribution < -0.4 is 5.56 Å². The third-order valence-corrected chi connectivity index (χ3v) is 4.52. The fraction of sp³-hybridized carbons (Fsp3) is 0.400. The van der Waals surface area contributed by atoms with Crippen molar-refractivity contribution in [2.45, 2.75) is 12.3 Å². The zero-order valence-electron chi connectivity index (χ0n) is 8.43. The molecule has 0 amide bonds. The van der Waals surface area contributed by atoms with E-state index in [4.69, 9.17) is 5.26 Å². The summed E-state index contributed by atoms with van der Waals surface area (Å²) in [5, 5.41) is 8.70. The molecule has 1 atom stereocenters. The van der Waals surface area contributed by atoms with Crippen molar-refractivity contribution in [1.82, 2.24) is 4.98 Å². The van der Waals surface area contributed by atoms with Gasteiger partial charge in [0.25, 0.3) is 5.56 Å². The zero-order valence-corrected chi connectivity index (χ0v) is 9.25. The molecule has 2 heterocycles. The molecule has 0 saturated carbocycles. The average molecular weight is 238 g/mol. The fourth-order valence-electron chi connectivity index (χ4n) is 1.88. The Kier molecular flexibility index (Phi) is 2.56. The van der Waals surface area contributed by atoms with E-state index >= 15 is 0 Å². The molecule has 0 radical (unpaired) electrons. The van der Waals surface area contributed by atoms with Crippen LogP contribution in [-0.4, -0.2) is 24.9 Å². The molecule has 1 aliphatic heterocycles. The van der Waals surface area contributed by atoms with Crippen LogP contribution in [0.1, 0.15) is 23.5 Å². The monoisotopic (exact) mass is 238 g/mol. The van der Waals surface area contributed by atoms with Crippen LogP contribution in [0.15, 0.2) is 17.1 Å². The van der Waals surface area contributed by atoms with Crippen LogP contribution in [0.2, 0.25) is 0 Å². The molecule has 1 aromatic heterocycles. The SMILES string of the molecule is N#Cc1cc(C2CCS(=O)(=O)C2)c[nH]c1=O. The number of hydrogen-bond donors (Lipinski definition) is 1. The third-order valence-electron chi connectivity index (χ3n) is 2.75. The number of rotatable bonds is 1. The number of H-pyrrole nitrogens is 1. The van der Waals surface area contributed by atoms with Crippen molar-refractivity contribution in [1.29, 1.82) is 5.26 Å². The topological polar surface area (TPSA) is 90.8 Å². The number of pyridine rings is 1. The Morgan fingerprint density at radius 1 is 1.50 bits per heavy atom. The molecule has 1 unspecified atom stereocenters. The van der Waals surface area contributed by atoms with Crippen LogP contribution in [0.4, 0.5) is 0 Å². The Labute approximate surface area is 92.6 Å². The minimum atomic E-state index is -2.95. The Balaban J connectivity index is 2.37. The standard InChI is InChI=1S/C10H10N2O3S/c11-4-8-3-9(5-12-10(8)13)7-1-2-16(14,15)6-7/h3,5,7H,1-2,6H2,(H,12,13). The second kappa shape index (κ2) is 3.76. The molecular weight excluding hydrogens is 228 g/mol. The highest BCUT2D eigenvalue weighted by molar-refractivity contribution is 7.91. The highest BCUT2D eigenvalue weighted by Crippen LogP contribution is 2.28. The summed E-state index contributed by atoms with van der Waals surface area (Å²) in [7, 11) is -2.95. The molecule has 84 valence electrons. The molecule has 5 nitrogen and oxygen atoms in total. The molecule has 1 aliphatic rings. The first-order valence-corrected chi connectivity index (χ1v) is 6.67. The molecule has 1 N–H and O–H groups in total. The Morgan fingerprint density at radius 3 is 2.81 bits per heavy atom. The molecule has 1 saturated heterocycles. The average Bonchev–Trinajstić information content (AvgIpc) is 2.59. The van der Waals surface area contributed by atoms with Crippen LogP contribution in [-0.2, 0) is 9.84 Å². The molecule has 0 spiro atoms. The first-order chi connectivity index (χ1) is 7.52. The highest BCUT2D eigenvalue weighted by atomic mass is 32.2. The quantitative estimate of drug-likeness (QED) is 0.753. The van der Waals surface area contributed by atoms with E-state index in [9.17, 15) is 13.2 Å². The maximum atomic E-state index is 11.3. The number of aromatic amines is 1. The molecule has 0 aliphatic carbocycles. The summed E-state index contributed by atoms with van der Waals surface area (Å²) >= 11 is 0. The van der Waals surface area contributed by atoms with Gasteiger partial charge in [-0.1, -0.05) is 0 Å². The lowest BCUT2D eigenvalue weighted by molar-refractivity contribution is 0.601. The molecule has 16 heavy (non-hydrogen) atoms. The molecule has 0 bridgehead atoms. The number of hydrogen-bond acceptors (Lipinski definition) is 4. The van der Waals surface area contributed by atoms with E-state index in [-0.39, 0.29) is 23.0 Å². The lowest BCUT2D eigenvalue weighted by Crippen LogP contribution is -2.12. The van der Waals surface area contributed by atoms with Gasteiger partial charge in [-0.2, -0.15) is 5.26 Å². The van der Waals surface area contributed by atoms with E-state index in [0.29, 0.717) is 6.42 Å². The molecule has 1 fully saturated rings. The summed E-state index contributed by atoms with van der Waals surface area (Å²) in [6.07, 6.45) is 2.05. The normalized spacial score (nSPS) is 22.8. The molecule has 1 aromatic rings. The predicted molar refractivity (Wildman–Crippen MR) is 57.8 cm³/mol. The fourth-order valence-corrected chi connectivity index (χ4v) is 3.66. The second-order valence-electron chi connectivity index (χ2n) is 3.89. The molecular formula is C10H10N2O3S. The predicted octanol–water partition coefficient (Wildman–Crippen LogP) is 0.149. The number of aromatic nitrogens is 1. The number of nitrogens with one attached hydrogen (secondary N) is 1.